The normalized spacial score (nSPS) is 17.8. The van der Waals surface area contributed by atoms with Crippen molar-refractivity contribution in [2.24, 2.45) is 0 Å². The highest BCUT2D eigenvalue weighted by atomic mass is 19.1. The summed E-state index contributed by atoms with van der Waals surface area (Å²) in [6.45, 7) is 9.41. The van der Waals surface area contributed by atoms with E-state index in [0.29, 0.717) is 0 Å². The number of likely N-dealkylation sites (N-methyl/N-ethyl adjacent to an activating group) is 1. The van der Waals surface area contributed by atoms with Crippen molar-refractivity contribution in [2.75, 3.05) is 46.3 Å². The van der Waals surface area contributed by atoms with Gasteiger partial charge in [0.05, 0.1) is 0 Å². The highest BCUT2D eigenvalue weighted by Crippen LogP contribution is 2.09. The fraction of sp³-hybridized carbons (Fsp3) is 0.600. The van der Waals surface area contributed by atoms with Crippen LogP contribution in [0.4, 0.5) is 4.39 Å². The molecule has 1 aromatic rings. The number of nitrogens with zero attached hydrogens (tertiary/aromatic N) is 2. The lowest BCUT2D eigenvalue weighted by molar-refractivity contribution is 0.154. The molecular weight excluding hydrogens is 241 g/mol. The van der Waals surface area contributed by atoms with E-state index in [1.807, 2.05) is 13.0 Å². The molecule has 0 saturated carbocycles. The average Bonchev–Trinajstić information content (AvgIpc) is 2.40. The van der Waals surface area contributed by atoms with E-state index in [4.69, 9.17) is 0 Å². The van der Waals surface area contributed by atoms with Gasteiger partial charge in [-0.25, -0.2) is 4.39 Å². The Morgan fingerprint density at radius 3 is 2.68 bits per heavy atom. The Morgan fingerprint density at radius 2 is 1.95 bits per heavy atom. The second kappa shape index (κ2) is 6.98. The lowest BCUT2D eigenvalue weighted by Crippen LogP contribution is -2.46. The second-order valence-electron chi connectivity index (χ2n) is 5.39. The first-order valence-electron chi connectivity index (χ1n) is 7.02. The van der Waals surface area contributed by atoms with E-state index in [9.17, 15) is 4.39 Å². The first kappa shape index (κ1) is 14.4. The van der Waals surface area contributed by atoms with Crippen LogP contribution in [0.3, 0.4) is 0 Å². The minimum absolute atomic E-state index is 0.151. The lowest BCUT2D eigenvalue weighted by Gasteiger charge is -2.32. The third-order valence-corrected chi connectivity index (χ3v) is 3.83. The summed E-state index contributed by atoms with van der Waals surface area (Å²) in [5.74, 6) is -0.151. The summed E-state index contributed by atoms with van der Waals surface area (Å²) in [5, 5.41) is 3.41. The average molecular weight is 265 g/mol. The number of piperazine rings is 1. The standard InChI is InChI=1S/C15H24FN3/c1-13-3-4-15(16)11-14(13)12-17-5-6-19-9-7-18(2)8-10-19/h3-4,11,17H,5-10,12H2,1-2H3. The molecule has 2 rings (SSSR count). The molecule has 4 heteroatoms. The quantitative estimate of drug-likeness (QED) is 0.813. The molecular formula is C15H24FN3. The monoisotopic (exact) mass is 265 g/mol. The molecule has 1 aliphatic rings. The van der Waals surface area contributed by atoms with Crippen LogP contribution >= 0.6 is 0 Å². The topological polar surface area (TPSA) is 18.5 Å². The third kappa shape index (κ3) is 4.56. The molecule has 1 fully saturated rings. The van der Waals surface area contributed by atoms with Crippen molar-refractivity contribution >= 4 is 0 Å². The summed E-state index contributed by atoms with van der Waals surface area (Å²) in [6, 6.07) is 4.98. The zero-order valence-corrected chi connectivity index (χ0v) is 12.0. The summed E-state index contributed by atoms with van der Waals surface area (Å²) in [5.41, 5.74) is 2.20. The van der Waals surface area contributed by atoms with Crippen molar-refractivity contribution in [2.45, 2.75) is 13.5 Å². The van der Waals surface area contributed by atoms with Crippen LogP contribution in [-0.2, 0) is 6.54 Å². The fourth-order valence-corrected chi connectivity index (χ4v) is 2.36. The highest BCUT2D eigenvalue weighted by molar-refractivity contribution is 5.26. The molecule has 0 atom stereocenters. The number of nitrogens with one attached hydrogen (secondary N) is 1. The zero-order valence-electron chi connectivity index (χ0n) is 12.0. The van der Waals surface area contributed by atoms with E-state index >= 15 is 0 Å². The van der Waals surface area contributed by atoms with E-state index in [0.717, 1.165) is 56.9 Å². The number of rotatable bonds is 5. The third-order valence-electron chi connectivity index (χ3n) is 3.83. The minimum Gasteiger partial charge on any atom is -0.311 e. The molecule has 106 valence electrons. The predicted molar refractivity (Wildman–Crippen MR) is 76.8 cm³/mol. The van der Waals surface area contributed by atoms with Gasteiger partial charge in [0.25, 0.3) is 0 Å². The first-order valence-corrected chi connectivity index (χ1v) is 7.02. The van der Waals surface area contributed by atoms with Crippen LogP contribution in [0.25, 0.3) is 0 Å². The molecule has 1 aromatic carbocycles. The minimum atomic E-state index is -0.151. The molecule has 0 radical (unpaired) electrons. The summed E-state index contributed by atoms with van der Waals surface area (Å²) in [4.78, 5) is 4.84. The SMILES string of the molecule is Cc1ccc(F)cc1CNCCN1CCN(C)CC1. The Bertz CT molecular complexity index is 400. The molecule has 0 aliphatic carbocycles. The van der Waals surface area contributed by atoms with Crippen molar-refractivity contribution in [3.8, 4) is 0 Å². The maximum atomic E-state index is 13.1. The molecule has 1 N–H and O–H groups in total. The number of benzene rings is 1. The van der Waals surface area contributed by atoms with E-state index < -0.39 is 0 Å². The van der Waals surface area contributed by atoms with Gasteiger partial charge in [-0.2, -0.15) is 0 Å². The van der Waals surface area contributed by atoms with Crippen LogP contribution in [0.2, 0.25) is 0 Å². The number of hydrogen-bond acceptors (Lipinski definition) is 3. The van der Waals surface area contributed by atoms with E-state index in [1.165, 1.54) is 6.07 Å². The van der Waals surface area contributed by atoms with Crippen LogP contribution in [0.1, 0.15) is 11.1 Å². The summed E-state index contributed by atoms with van der Waals surface area (Å²) < 4.78 is 13.1. The van der Waals surface area contributed by atoms with Gasteiger partial charge in [0, 0.05) is 45.8 Å². The van der Waals surface area contributed by atoms with Gasteiger partial charge < -0.3 is 10.2 Å². The molecule has 3 nitrogen and oxygen atoms in total. The second-order valence-corrected chi connectivity index (χ2v) is 5.39. The Balaban J connectivity index is 1.68. The summed E-state index contributed by atoms with van der Waals surface area (Å²) in [6.07, 6.45) is 0. The van der Waals surface area contributed by atoms with Crippen LogP contribution in [0.5, 0.6) is 0 Å². The smallest absolute Gasteiger partial charge is 0.123 e. The van der Waals surface area contributed by atoms with Gasteiger partial charge in [-0.05, 0) is 37.2 Å². The predicted octanol–water partition coefficient (Wildman–Crippen LogP) is 1.47. The van der Waals surface area contributed by atoms with Crippen molar-refractivity contribution in [3.05, 3.63) is 35.1 Å². The van der Waals surface area contributed by atoms with E-state index in [1.54, 1.807) is 6.07 Å². The maximum absolute atomic E-state index is 13.1. The first-order chi connectivity index (χ1) is 9.15. The largest absolute Gasteiger partial charge is 0.311 e. The van der Waals surface area contributed by atoms with Gasteiger partial charge in [0.1, 0.15) is 5.82 Å². The molecule has 0 unspecified atom stereocenters. The maximum Gasteiger partial charge on any atom is 0.123 e. The molecule has 0 spiro atoms. The van der Waals surface area contributed by atoms with Gasteiger partial charge in [0.2, 0.25) is 0 Å². The zero-order chi connectivity index (χ0) is 13.7. The van der Waals surface area contributed by atoms with Crippen LogP contribution in [-0.4, -0.2) is 56.1 Å². The van der Waals surface area contributed by atoms with Gasteiger partial charge in [-0.15, -0.1) is 0 Å². The Morgan fingerprint density at radius 1 is 1.21 bits per heavy atom. The number of hydrogen-bond donors (Lipinski definition) is 1. The summed E-state index contributed by atoms with van der Waals surface area (Å²) in [7, 11) is 2.17. The number of halogens is 1. The molecule has 0 bridgehead atoms. The Labute approximate surface area is 115 Å². The molecule has 0 amide bonds. The molecule has 1 aliphatic heterocycles. The molecule has 19 heavy (non-hydrogen) atoms. The van der Waals surface area contributed by atoms with Crippen molar-refractivity contribution in [3.63, 3.8) is 0 Å². The van der Waals surface area contributed by atoms with E-state index in [-0.39, 0.29) is 5.82 Å². The number of aryl methyl sites for hydroxylation is 1. The van der Waals surface area contributed by atoms with Gasteiger partial charge in [-0.1, -0.05) is 6.07 Å². The van der Waals surface area contributed by atoms with Gasteiger partial charge >= 0.3 is 0 Å². The van der Waals surface area contributed by atoms with E-state index in [2.05, 4.69) is 22.2 Å². The van der Waals surface area contributed by atoms with Gasteiger partial charge in [0.15, 0.2) is 0 Å². The molecule has 1 saturated heterocycles. The Hall–Kier alpha value is -0.970. The molecule has 0 aromatic heterocycles. The molecule has 1 heterocycles. The van der Waals surface area contributed by atoms with Crippen molar-refractivity contribution in [1.82, 2.24) is 15.1 Å². The van der Waals surface area contributed by atoms with Crippen LogP contribution < -0.4 is 5.32 Å². The Kier molecular flexibility index (Phi) is 5.31. The summed E-state index contributed by atoms with van der Waals surface area (Å²) >= 11 is 0. The lowest BCUT2D eigenvalue weighted by atomic mass is 10.1. The van der Waals surface area contributed by atoms with Crippen LogP contribution in [0, 0.1) is 12.7 Å². The van der Waals surface area contributed by atoms with Crippen molar-refractivity contribution < 1.29 is 4.39 Å². The van der Waals surface area contributed by atoms with Crippen LogP contribution in [0.15, 0.2) is 18.2 Å². The highest BCUT2D eigenvalue weighted by Gasteiger charge is 2.12. The van der Waals surface area contributed by atoms with Gasteiger partial charge in [-0.3, -0.25) is 4.90 Å². The van der Waals surface area contributed by atoms with Crippen molar-refractivity contribution in [1.29, 1.82) is 0 Å². The fourth-order valence-electron chi connectivity index (χ4n) is 2.36.